The molecule has 10 heteroatoms. The van der Waals surface area contributed by atoms with E-state index in [1.165, 1.54) is 10.6 Å². The van der Waals surface area contributed by atoms with E-state index >= 15 is 0 Å². The van der Waals surface area contributed by atoms with Gasteiger partial charge in [0.1, 0.15) is 11.3 Å². The highest BCUT2D eigenvalue weighted by Gasteiger charge is 2.29. The smallest absolute Gasteiger partial charge is 0.263 e. The number of aromatic amines is 2. The van der Waals surface area contributed by atoms with Gasteiger partial charge in [0.2, 0.25) is 5.91 Å². The molecule has 3 N–H and O–H groups in total. The Hall–Kier alpha value is -4.99. The number of amides is 2. The van der Waals surface area contributed by atoms with Crippen LogP contribution in [0.5, 0.6) is 0 Å². The lowest BCUT2D eigenvalue weighted by molar-refractivity contribution is -0.131. The Labute approximate surface area is 217 Å². The number of nitrogens with zero attached hydrogens (tertiary/aromatic N) is 4. The summed E-state index contributed by atoms with van der Waals surface area (Å²) in [6.07, 6.45) is 5.10. The average Bonchev–Trinajstić information content (AvgIpc) is 3.64. The molecule has 5 aromatic rings. The van der Waals surface area contributed by atoms with E-state index in [1.54, 1.807) is 35.6 Å². The second-order valence-corrected chi connectivity index (χ2v) is 9.27. The molecule has 1 aliphatic heterocycles. The van der Waals surface area contributed by atoms with Crippen molar-refractivity contribution in [2.24, 2.45) is 0 Å². The minimum absolute atomic E-state index is 0.0362. The number of rotatable bonds is 7. The average molecular weight is 508 g/mol. The first-order valence-electron chi connectivity index (χ1n) is 12.4. The fourth-order valence-electron chi connectivity index (χ4n) is 4.80. The van der Waals surface area contributed by atoms with Crippen molar-refractivity contribution < 1.29 is 9.59 Å². The molecule has 0 atom stereocenters. The zero-order valence-corrected chi connectivity index (χ0v) is 20.5. The van der Waals surface area contributed by atoms with E-state index in [9.17, 15) is 14.4 Å². The first-order chi connectivity index (χ1) is 18.6. The molecule has 0 bridgehead atoms. The van der Waals surface area contributed by atoms with Crippen molar-refractivity contribution in [1.29, 1.82) is 0 Å². The monoisotopic (exact) mass is 507 g/mol. The van der Waals surface area contributed by atoms with Gasteiger partial charge >= 0.3 is 0 Å². The molecule has 4 aromatic heterocycles. The third-order valence-electron chi connectivity index (χ3n) is 6.75. The molecule has 2 amide bonds. The number of fused-ring (bicyclic) bond motifs is 2. The summed E-state index contributed by atoms with van der Waals surface area (Å²) < 4.78 is 1.47. The van der Waals surface area contributed by atoms with Crippen LogP contribution in [-0.2, 0) is 24.4 Å². The van der Waals surface area contributed by atoms with Gasteiger partial charge in [-0.2, -0.15) is 5.10 Å². The van der Waals surface area contributed by atoms with Crippen molar-refractivity contribution in [3.05, 3.63) is 106 Å². The minimum Gasteiger partial charge on any atom is -0.353 e. The maximum Gasteiger partial charge on any atom is 0.263 e. The molecule has 5 heterocycles. The summed E-state index contributed by atoms with van der Waals surface area (Å²) in [4.78, 5) is 47.6. The molecule has 190 valence electrons. The number of hydrogen-bond donors (Lipinski definition) is 3. The number of aromatic nitrogens is 5. The highest BCUT2D eigenvalue weighted by Crippen LogP contribution is 2.32. The second-order valence-electron chi connectivity index (χ2n) is 9.27. The molecule has 10 nitrogen and oxygen atoms in total. The van der Waals surface area contributed by atoms with Gasteiger partial charge in [-0.25, -0.2) is 0 Å². The van der Waals surface area contributed by atoms with Crippen molar-refractivity contribution in [2.75, 3.05) is 6.54 Å². The van der Waals surface area contributed by atoms with Crippen LogP contribution in [0.4, 0.5) is 0 Å². The van der Waals surface area contributed by atoms with Crippen molar-refractivity contribution in [3.63, 3.8) is 0 Å². The summed E-state index contributed by atoms with van der Waals surface area (Å²) in [5.41, 5.74) is 5.15. The molecule has 0 saturated carbocycles. The lowest BCUT2D eigenvalue weighted by atomic mass is 10.1. The number of nitrogens with one attached hydrogen (secondary N) is 3. The first kappa shape index (κ1) is 23.4. The maximum absolute atomic E-state index is 12.9. The third kappa shape index (κ3) is 4.47. The zero-order valence-electron chi connectivity index (χ0n) is 20.5. The lowest BCUT2D eigenvalue weighted by Crippen LogP contribution is -2.35. The number of para-hydroxylation sites is 1. The normalized spacial score (nSPS) is 12.6. The van der Waals surface area contributed by atoms with E-state index in [2.05, 4.69) is 31.5 Å². The second kappa shape index (κ2) is 9.81. The Morgan fingerprint density at radius 1 is 1.05 bits per heavy atom. The number of hydrogen-bond acceptors (Lipinski definition) is 5. The Balaban J connectivity index is 1.06. The van der Waals surface area contributed by atoms with Crippen LogP contribution in [0, 0.1) is 0 Å². The summed E-state index contributed by atoms with van der Waals surface area (Å²) in [5, 5.41) is 11.4. The number of carbonyl (C=O) groups excluding carboxylic acids is 2. The highest BCUT2D eigenvalue weighted by molar-refractivity contribution is 5.94. The molecule has 0 unspecified atom stereocenters. The van der Waals surface area contributed by atoms with Gasteiger partial charge in [0.25, 0.3) is 11.5 Å². The van der Waals surface area contributed by atoms with Gasteiger partial charge in [-0.1, -0.05) is 24.3 Å². The lowest BCUT2D eigenvalue weighted by Gasteiger charge is -2.16. The van der Waals surface area contributed by atoms with Gasteiger partial charge in [-0.15, -0.1) is 0 Å². The quantitative estimate of drug-likeness (QED) is 0.312. The van der Waals surface area contributed by atoms with Crippen LogP contribution in [0.1, 0.15) is 33.6 Å². The van der Waals surface area contributed by atoms with E-state index in [1.807, 2.05) is 30.3 Å². The van der Waals surface area contributed by atoms with Crippen LogP contribution in [0.15, 0.2) is 78.0 Å². The Bertz CT molecular complexity index is 1670. The SMILES string of the molecule is O=C(NCCC(=O)N1Cc2[nH]nc(-c3cc4ccccc4[nH]3)c2C1)c1cccn(Cc2cccnc2)c1=O. The Morgan fingerprint density at radius 2 is 1.95 bits per heavy atom. The molecule has 0 fully saturated rings. The molecule has 0 saturated heterocycles. The van der Waals surface area contributed by atoms with E-state index in [4.69, 9.17) is 0 Å². The molecule has 0 aliphatic carbocycles. The largest absolute Gasteiger partial charge is 0.353 e. The standard InChI is InChI=1S/C28H25N7O3/c36-25(9-11-30-27(37)20-7-4-12-34(28(20)38)15-18-5-3-10-29-14-18)35-16-21-24(17-35)32-33-26(21)23-13-19-6-1-2-8-22(19)31-23/h1-8,10,12-14,31H,9,11,15-17H2,(H,30,37)(H,32,33). The van der Waals surface area contributed by atoms with Gasteiger partial charge in [0.15, 0.2) is 0 Å². The van der Waals surface area contributed by atoms with Crippen LogP contribution < -0.4 is 10.9 Å². The third-order valence-corrected chi connectivity index (χ3v) is 6.75. The number of H-pyrrole nitrogens is 2. The van der Waals surface area contributed by atoms with E-state index < -0.39 is 11.5 Å². The molecule has 0 spiro atoms. The maximum atomic E-state index is 12.9. The van der Waals surface area contributed by atoms with Crippen molar-refractivity contribution in [3.8, 4) is 11.4 Å². The summed E-state index contributed by atoms with van der Waals surface area (Å²) in [6.45, 7) is 1.33. The fourth-order valence-corrected chi connectivity index (χ4v) is 4.80. The molecular formula is C28H25N7O3. The molecule has 38 heavy (non-hydrogen) atoms. The summed E-state index contributed by atoms with van der Waals surface area (Å²) >= 11 is 0. The van der Waals surface area contributed by atoms with Gasteiger partial charge in [0, 0.05) is 48.0 Å². The van der Waals surface area contributed by atoms with Crippen LogP contribution in [0.25, 0.3) is 22.3 Å². The van der Waals surface area contributed by atoms with Gasteiger partial charge in [0.05, 0.1) is 31.0 Å². The zero-order chi connectivity index (χ0) is 26.1. The van der Waals surface area contributed by atoms with Gasteiger partial charge in [-0.3, -0.25) is 24.5 Å². The predicted molar refractivity (Wildman–Crippen MR) is 141 cm³/mol. The van der Waals surface area contributed by atoms with Gasteiger partial charge < -0.3 is 19.8 Å². The van der Waals surface area contributed by atoms with Gasteiger partial charge in [-0.05, 0) is 35.9 Å². The fraction of sp³-hybridized carbons (Fsp3) is 0.179. The van der Waals surface area contributed by atoms with Crippen LogP contribution >= 0.6 is 0 Å². The van der Waals surface area contributed by atoms with Crippen molar-refractivity contribution >= 4 is 22.7 Å². The minimum atomic E-state index is -0.500. The van der Waals surface area contributed by atoms with Crippen LogP contribution in [0.2, 0.25) is 0 Å². The summed E-state index contributed by atoms with van der Waals surface area (Å²) in [7, 11) is 0. The molecule has 6 rings (SSSR count). The predicted octanol–water partition coefficient (Wildman–Crippen LogP) is 2.83. The van der Waals surface area contributed by atoms with E-state index in [0.29, 0.717) is 19.6 Å². The van der Waals surface area contributed by atoms with Crippen LogP contribution in [0.3, 0.4) is 0 Å². The topological polar surface area (TPSA) is 129 Å². The number of benzene rings is 1. The summed E-state index contributed by atoms with van der Waals surface area (Å²) in [5.74, 6) is -0.583. The highest BCUT2D eigenvalue weighted by atomic mass is 16.2. The van der Waals surface area contributed by atoms with Crippen molar-refractivity contribution in [1.82, 2.24) is 34.9 Å². The Morgan fingerprint density at radius 3 is 2.79 bits per heavy atom. The molecule has 0 radical (unpaired) electrons. The van der Waals surface area contributed by atoms with E-state index in [-0.39, 0.29) is 24.4 Å². The number of pyridine rings is 2. The summed E-state index contributed by atoms with van der Waals surface area (Å²) in [6, 6.07) is 16.9. The first-order valence-corrected chi connectivity index (χ1v) is 12.4. The number of carbonyl (C=O) groups is 2. The molecule has 1 aliphatic rings. The molecule has 1 aromatic carbocycles. The molecular weight excluding hydrogens is 482 g/mol. The Kier molecular flexibility index (Phi) is 6.04. The van der Waals surface area contributed by atoms with Crippen molar-refractivity contribution in [2.45, 2.75) is 26.1 Å². The van der Waals surface area contributed by atoms with Crippen LogP contribution in [-0.4, -0.2) is 48.0 Å². The van der Waals surface area contributed by atoms with E-state index in [0.717, 1.165) is 39.1 Å².